The van der Waals surface area contributed by atoms with E-state index in [0.717, 1.165) is 18.4 Å². The molecule has 0 unspecified atom stereocenters. The predicted octanol–water partition coefficient (Wildman–Crippen LogP) is 5.00. The Morgan fingerprint density at radius 3 is 2.38 bits per heavy atom. The van der Waals surface area contributed by atoms with Crippen LogP contribution in [0.5, 0.6) is 11.5 Å². The summed E-state index contributed by atoms with van der Waals surface area (Å²) in [4.78, 5) is 11.8. The quantitative estimate of drug-likeness (QED) is 0.425. The van der Waals surface area contributed by atoms with Gasteiger partial charge in [0.05, 0.1) is 0 Å². The van der Waals surface area contributed by atoms with Crippen LogP contribution in [-0.4, -0.2) is 6.16 Å². The zero-order chi connectivity index (χ0) is 14.9. The van der Waals surface area contributed by atoms with E-state index in [1.54, 1.807) is 30.3 Å². The van der Waals surface area contributed by atoms with Crippen molar-refractivity contribution in [1.82, 2.24) is 0 Å². The van der Waals surface area contributed by atoms with E-state index in [0.29, 0.717) is 11.5 Å². The second kappa shape index (κ2) is 8.10. The molecule has 3 heteroatoms. The highest BCUT2D eigenvalue weighted by Gasteiger charge is 2.10. The number of rotatable bonds is 6. The Balaban J connectivity index is 1.97. The number of para-hydroxylation sites is 2. The smallest absolute Gasteiger partial charge is 0.395 e. The van der Waals surface area contributed by atoms with Crippen molar-refractivity contribution in [3.8, 4) is 11.5 Å². The zero-order valence-electron chi connectivity index (χ0n) is 12.2. The van der Waals surface area contributed by atoms with E-state index in [1.807, 2.05) is 24.3 Å². The summed E-state index contributed by atoms with van der Waals surface area (Å²) >= 11 is 0. The third-order valence-electron chi connectivity index (χ3n) is 3.16. The minimum absolute atomic E-state index is 0.478. The second-order valence-corrected chi connectivity index (χ2v) is 4.83. The number of aryl methyl sites for hydroxylation is 1. The molecule has 110 valence electrons. The summed E-state index contributed by atoms with van der Waals surface area (Å²) in [5.74, 6) is 1.06. The number of hydrogen-bond acceptors (Lipinski definition) is 3. The molecule has 0 saturated heterocycles. The summed E-state index contributed by atoms with van der Waals surface area (Å²) in [6.45, 7) is 2.17. The van der Waals surface area contributed by atoms with Gasteiger partial charge in [-0.2, -0.15) is 0 Å². The highest BCUT2D eigenvalue weighted by molar-refractivity contribution is 5.67. The fourth-order valence-electron chi connectivity index (χ4n) is 2.07. The van der Waals surface area contributed by atoms with Crippen molar-refractivity contribution in [2.75, 3.05) is 0 Å². The Labute approximate surface area is 125 Å². The molecule has 2 aromatic rings. The fraction of sp³-hybridized carbons (Fsp3) is 0.278. The molecule has 0 spiro atoms. The number of benzene rings is 2. The largest absolute Gasteiger partial charge is 0.519 e. The van der Waals surface area contributed by atoms with Gasteiger partial charge in [0, 0.05) is 0 Å². The fourth-order valence-corrected chi connectivity index (χ4v) is 2.07. The molecule has 0 fully saturated rings. The molecule has 2 aromatic carbocycles. The first kappa shape index (κ1) is 15.1. The Bertz CT molecular complexity index is 564. The molecular weight excluding hydrogens is 264 g/mol. The second-order valence-electron chi connectivity index (χ2n) is 4.83. The van der Waals surface area contributed by atoms with Crippen LogP contribution in [0.25, 0.3) is 0 Å². The van der Waals surface area contributed by atoms with Crippen LogP contribution in [0, 0.1) is 0 Å². The first-order chi connectivity index (χ1) is 10.3. The Morgan fingerprint density at radius 2 is 1.62 bits per heavy atom. The first-order valence-electron chi connectivity index (χ1n) is 7.32. The maximum atomic E-state index is 11.8. The molecule has 0 amide bonds. The standard InChI is InChI=1S/C18H20O3/c1-2-3-5-10-15-11-8-9-14-17(15)21-18(19)20-16-12-6-4-7-13-16/h4,6-9,11-14H,2-3,5,10H2,1H3. The molecule has 21 heavy (non-hydrogen) atoms. The van der Waals surface area contributed by atoms with E-state index < -0.39 is 6.16 Å². The molecule has 0 bridgehead atoms. The van der Waals surface area contributed by atoms with Crippen LogP contribution in [0.3, 0.4) is 0 Å². The molecule has 0 radical (unpaired) electrons. The van der Waals surface area contributed by atoms with Crippen molar-refractivity contribution in [3.05, 3.63) is 60.2 Å². The van der Waals surface area contributed by atoms with Gasteiger partial charge < -0.3 is 9.47 Å². The summed E-state index contributed by atoms with van der Waals surface area (Å²) < 4.78 is 10.5. The molecule has 0 atom stereocenters. The number of carbonyl (C=O) groups is 1. The van der Waals surface area contributed by atoms with Crippen LogP contribution < -0.4 is 9.47 Å². The van der Waals surface area contributed by atoms with E-state index in [1.165, 1.54) is 12.8 Å². The summed E-state index contributed by atoms with van der Waals surface area (Å²) in [6.07, 6.45) is 3.62. The monoisotopic (exact) mass is 284 g/mol. The van der Waals surface area contributed by atoms with Crippen LogP contribution in [-0.2, 0) is 6.42 Å². The molecule has 0 aromatic heterocycles. The normalized spacial score (nSPS) is 10.1. The lowest BCUT2D eigenvalue weighted by Gasteiger charge is -2.10. The Kier molecular flexibility index (Phi) is 5.83. The zero-order valence-corrected chi connectivity index (χ0v) is 12.2. The first-order valence-corrected chi connectivity index (χ1v) is 7.32. The van der Waals surface area contributed by atoms with Gasteiger partial charge in [-0.25, -0.2) is 4.79 Å². The van der Waals surface area contributed by atoms with Crippen LogP contribution >= 0.6 is 0 Å². The molecular formula is C18H20O3. The lowest BCUT2D eigenvalue weighted by molar-refractivity contribution is 0.151. The molecule has 0 saturated carbocycles. The topological polar surface area (TPSA) is 35.5 Å². The molecule has 3 nitrogen and oxygen atoms in total. The number of hydrogen-bond donors (Lipinski definition) is 0. The SMILES string of the molecule is CCCCCc1ccccc1OC(=O)Oc1ccccc1. The average molecular weight is 284 g/mol. The van der Waals surface area contributed by atoms with Gasteiger partial charge in [0.2, 0.25) is 0 Å². The van der Waals surface area contributed by atoms with E-state index in [2.05, 4.69) is 6.92 Å². The van der Waals surface area contributed by atoms with Crippen LogP contribution in [0.2, 0.25) is 0 Å². The van der Waals surface area contributed by atoms with Crippen molar-refractivity contribution in [1.29, 1.82) is 0 Å². The van der Waals surface area contributed by atoms with E-state index in [-0.39, 0.29) is 0 Å². The van der Waals surface area contributed by atoms with Crippen molar-refractivity contribution < 1.29 is 14.3 Å². The Morgan fingerprint density at radius 1 is 0.905 bits per heavy atom. The molecule has 0 heterocycles. The van der Waals surface area contributed by atoms with Gasteiger partial charge >= 0.3 is 6.16 Å². The highest BCUT2D eigenvalue weighted by Crippen LogP contribution is 2.21. The molecule has 0 N–H and O–H groups in total. The van der Waals surface area contributed by atoms with E-state index in [4.69, 9.17) is 9.47 Å². The van der Waals surface area contributed by atoms with Crippen molar-refractivity contribution >= 4 is 6.16 Å². The summed E-state index contributed by atoms with van der Waals surface area (Å²) in [5.41, 5.74) is 1.04. The van der Waals surface area contributed by atoms with E-state index >= 15 is 0 Å². The Hall–Kier alpha value is -2.29. The van der Waals surface area contributed by atoms with Gasteiger partial charge in [-0.05, 0) is 36.6 Å². The van der Waals surface area contributed by atoms with Crippen molar-refractivity contribution in [2.45, 2.75) is 32.6 Å². The minimum Gasteiger partial charge on any atom is -0.395 e. The van der Waals surface area contributed by atoms with E-state index in [9.17, 15) is 4.79 Å². The molecule has 0 aliphatic heterocycles. The van der Waals surface area contributed by atoms with Gasteiger partial charge in [0.1, 0.15) is 11.5 Å². The lowest BCUT2D eigenvalue weighted by atomic mass is 10.1. The summed E-state index contributed by atoms with van der Waals surface area (Å²) in [5, 5.41) is 0. The molecule has 2 rings (SSSR count). The van der Waals surface area contributed by atoms with Gasteiger partial charge in [-0.3, -0.25) is 0 Å². The van der Waals surface area contributed by atoms with Gasteiger partial charge in [0.15, 0.2) is 0 Å². The molecule has 0 aliphatic rings. The minimum atomic E-state index is -0.704. The maximum Gasteiger partial charge on any atom is 0.519 e. The van der Waals surface area contributed by atoms with Gasteiger partial charge in [-0.1, -0.05) is 56.2 Å². The number of unbranched alkanes of at least 4 members (excludes halogenated alkanes) is 2. The molecule has 0 aliphatic carbocycles. The average Bonchev–Trinajstić information content (AvgIpc) is 2.50. The van der Waals surface area contributed by atoms with Crippen LogP contribution in [0.15, 0.2) is 54.6 Å². The van der Waals surface area contributed by atoms with Gasteiger partial charge in [0.25, 0.3) is 0 Å². The predicted molar refractivity (Wildman–Crippen MR) is 82.8 cm³/mol. The van der Waals surface area contributed by atoms with Crippen LogP contribution in [0.1, 0.15) is 31.7 Å². The third-order valence-corrected chi connectivity index (χ3v) is 3.16. The third kappa shape index (κ3) is 4.95. The van der Waals surface area contributed by atoms with Crippen molar-refractivity contribution in [2.24, 2.45) is 0 Å². The summed E-state index contributed by atoms with van der Waals surface area (Å²) in [6, 6.07) is 16.5. The lowest BCUT2D eigenvalue weighted by Crippen LogP contribution is -2.14. The number of carbonyl (C=O) groups excluding carboxylic acids is 1. The van der Waals surface area contributed by atoms with Gasteiger partial charge in [-0.15, -0.1) is 0 Å². The summed E-state index contributed by atoms with van der Waals surface area (Å²) in [7, 11) is 0. The van der Waals surface area contributed by atoms with Crippen LogP contribution in [0.4, 0.5) is 4.79 Å². The number of ether oxygens (including phenoxy) is 2. The maximum absolute atomic E-state index is 11.8. The van der Waals surface area contributed by atoms with Crippen molar-refractivity contribution in [3.63, 3.8) is 0 Å². The highest BCUT2D eigenvalue weighted by atomic mass is 16.7.